The van der Waals surface area contributed by atoms with Crippen LogP contribution >= 0.6 is 15.9 Å². The molecule has 3 aromatic rings. The molecule has 0 aliphatic heterocycles. The first-order valence-corrected chi connectivity index (χ1v) is 10.5. The normalized spacial score (nSPS) is 11.0. The van der Waals surface area contributed by atoms with Crippen LogP contribution in [0.1, 0.15) is 37.8 Å². The minimum Gasteiger partial charge on any atom is -0.494 e. The first kappa shape index (κ1) is 20.5. The van der Waals surface area contributed by atoms with E-state index in [1.54, 1.807) is 0 Å². The minimum absolute atomic E-state index is 0.196. The van der Waals surface area contributed by atoms with Crippen LogP contribution in [0.4, 0.5) is 0 Å². The van der Waals surface area contributed by atoms with Crippen molar-refractivity contribution in [1.82, 2.24) is 4.57 Å². The number of benzene rings is 2. The highest BCUT2D eigenvalue weighted by Gasteiger charge is 2.13. The zero-order valence-electron chi connectivity index (χ0n) is 16.4. The van der Waals surface area contributed by atoms with E-state index < -0.39 is 0 Å². The number of ether oxygens (including phenoxy) is 2. The molecule has 0 atom stereocenters. The summed E-state index contributed by atoms with van der Waals surface area (Å²) in [6, 6.07) is 14.4. The van der Waals surface area contributed by atoms with Crippen molar-refractivity contribution in [2.24, 2.45) is 0 Å². The second-order valence-corrected chi connectivity index (χ2v) is 7.69. The molecule has 2 aromatic carbocycles. The van der Waals surface area contributed by atoms with Gasteiger partial charge in [0.15, 0.2) is 0 Å². The van der Waals surface area contributed by atoms with Crippen molar-refractivity contribution in [2.75, 3.05) is 13.2 Å². The lowest BCUT2D eigenvalue weighted by molar-refractivity contribution is -0.142. The molecule has 4 nitrogen and oxygen atoms in total. The number of unbranched alkanes of at least 4 members (excludes halogenated alkanes) is 1. The Kier molecular flexibility index (Phi) is 7.15. The molecule has 0 saturated carbocycles. The van der Waals surface area contributed by atoms with Gasteiger partial charge in [0.2, 0.25) is 0 Å². The van der Waals surface area contributed by atoms with Gasteiger partial charge in [-0.3, -0.25) is 4.79 Å². The van der Waals surface area contributed by atoms with Crippen LogP contribution in [0.2, 0.25) is 0 Å². The maximum absolute atomic E-state index is 12.0. The van der Waals surface area contributed by atoms with Gasteiger partial charge >= 0.3 is 5.97 Å². The van der Waals surface area contributed by atoms with Gasteiger partial charge in [0, 0.05) is 28.1 Å². The fourth-order valence-electron chi connectivity index (χ4n) is 3.20. The molecule has 0 saturated heterocycles. The SMILES string of the molecule is CCCCOc1ccc(Cn2cc(CC(=O)OCC)c3ccc(Br)cc32)cc1. The number of esters is 1. The van der Waals surface area contributed by atoms with Crippen LogP contribution in [0.3, 0.4) is 0 Å². The van der Waals surface area contributed by atoms with Crippen molar-refractivity contribution < 1.29 is 14.3 Å². The van der Waals surface area contributed by atoms with Gasteiger partial charge < -0.3 is 14.0 Å². The van der Waals surface area contributed by atoms with Crippen molar-refractivity contribution >= 4 is 32.8 Å². The Labute approximate surface area is 174 Å². The summed E-state index contributed by atoms with van der Waals surface area (Å²) in [5.74, 6) is 0.707. The molecular weight excluding hydrogens is 418 g/mol. The standard InChI is InChI=1S/C23H26BrNO3/c1-3-5-12-28-20-9-6-17(7-10-20)15-25-16-18(13-23(26)27-4-2)21-11-8-19(24)14-22(21)25/h6-11,14,16H,3-5,12-13,15H2,1-2H3. The van der Waals surface area contributed by atoms with E-state index in [1.165, 1.54) is 5.56 Å². The number of nitrogens with zero attached hydrogens (tertiary/aromatic N) is 1. The fourth-order valence-corrected chi connectivity index (χ4v) is 3.55. The first-order chi connectivity index (χ1) is 13.6. The van der Waals surface area contributed by atoms with E-state index >= 15 is 0 Å². The summed E-state index contributed by atoms with van der Waals surface area (Å²) in [4.78, 5) is 12.0. The summed E-state index contributed by atoms with van der Waals surface area (Å²) in [5.41, 5.74) is 3.26. The molecule has 0 radical (unpaired) electrons. The van der Waals surface area contributed by atoms with Crippen LogP contribution in [0.5, 0.6) is 5.75 Å². The topological polar surface area (TPSA) is 40.5 Å². The number of rotatable bonds is 9. The van der Waals surface area contributed by atoms with E-state index in [0.717, 1.165) is 52.7 Å². The van der Waals surface area contributed by atoms with Crippen molar-refractivity contribution in [2.45, 2.75) is 39.7 Å². The van der Waals surface area contributed by atoms with Crippen LogP contribution in [-0.2, 0) is 22.5 Å². The van der Waals surface area contributed by atoms with E-state index in [2.05, 4.69) is 57.9 Å². The smallest absolute Gasteiger partial charge is 0.310 e. The Morgan fingerprint density at radius 1 is 1.11 bits per heavy atom. The van der Waals surface area contributed by atoms with Gasteiger partial charge in [0.25, 0.3) is 0 Å². The lowest BCUT2D eigenvalue weighted by Crippen LogP contribution is -2.07. The molecule has 0 N–H and O–H groups in total. The number of carbonyl (C=O) groups is 1. The summed E-state index contributed by atoms with van der Waals surface area (Å²) in [5, 5.41) is 1.08. The molecule has 148 valence electrons. The zero-order valence-corrected chi connectivity index (χ0v) is 18.0. The highest BCUT2D eigenvalue weighted by molar-refractivity contribution is 9.10. The van der Waals surface area contributed by atoms with Gasteiger partial charge in [-0.15, -0.1) is 0 Å². The van der Waals surface area contributed by atoms with E-state index in [1.807, 2.05) is 25.1 Å². The monoisotopic (exact) mass is 443 g/mol. The number of hydrogen-bond acceptors (Lipinski definition) is 3. The second kappa shape index (κ2) is 9.78. The predicted octanol–water partition coefficient (Wildman–Crippen LogP) is 5.74. The quantitative estimate of drug-likeness (QED) is 0.312. The number of hydrogen-bond donors (Lipinski definition) is 0. The van der Waals surface area contributed by atoms with E-state index in [4.69, 9.17) is 9.47 Å². The van der Waals surface area contributed by atoms with Crippen molar-refractivity contribution in [1.29, 1.82) is 0 Å². The second-order valence-electron chi connectivity index (χ2n) is 6.77. The molecule has 5 heteroatoms. The van der Waals surface area contributed by atoms with Gasteiger partial charge in [-0.2, -0.15) is 0 Å². The van der Waals surface area contributed by atoms with Crippen LogP contribution in [0.15, 0.2) is 53.1 Å². The molecule has 0 amide bonds. The lowest BCUT2D eigenvalue weighted by Gasteiger charge is -2.08. The summed E-state index contributed by atoms with van der Waals surface area (Å²) < 4.78 is 14.1. The Balaban J connectivity index is 1.82. The average molecular weight is 444 g/mol. The van der Waals surface area contributed by atoms with Crippen LogP contribution < -0.4 is 4.74 Å². The van der Waals surface area contributed by atoms with Crippen LogP contribution in [-0.4, -0.2) is 23.8 Å². The molecule has 0 unspecified atom stereocenters. The van der Waals surface area contributed by atoms with Gasteiger partial charge in [-0.25, -0.2) is 0 Å². The van der Waals surface area contributed by atoms with Crippen molar-refractivity contribution in [3.05, 3.63) is 64.3 Å². The van der Waals surface area contributed by atoms with Crippen LogP contribution in [0.25, 0.3) is 10.9 Å². The number of carbonyl (C=O) groups excluding carboxylic acids is 1. The Bertz CT molecular complexity index is 931. The Hall–Kier alpha value is -2.27. The van der Waals surface area contributed by atoms with Gasteiger partial charge in [0.05, 0.1) is 19.6 Å². The van der Waals surface area contributed by atoms with Crippen molar-refractivity contribution in [3.63, 3.8) is 0 Å². The molecule has 0 fully saturated rings. The molecule has 28 heavy (non-hydrogen) atoms. The maximum atomic E-state index is 12.0. The molecule has 0 spiro atoms. The fraction of sp³-hybridized carbons (Fsp3) is 0.348. The number of aromatic nitrogens is 1. The number of halogens is 1. The summed E-state index contributed by atoms with van der Waals surface area (Å²) in [6.07, 6.45) is 4.53. The maximum Gasteiger partial charge on any atom is 0.310 e. The van der Waals surface area contributed by atoms with Gasteiger partial charge in [-0.1, -0.05) is 47.5 Å². The van der Waals surface area contributed by atoms with Crippen LogP contribution in [0, 0.1) is 0 Å². The molecule has 1 aromatic heterocycles. The Morgan fingerprint density at radius 3 is 2.61 bits per heavy atom. The third kappa shape index (κ3) is 5.16. The number of fused-ring (bicyclic) bond motifs is 1. The summed E-state index contributed by atoms with van der Waals surface area (Å²) in [7, 11) is 0. The molecule has 0 aliphatic carbocycles. The third-order valence-corrected chi connectivity index (χ3v) is 5.10. The molecule has 0 aliphatic rings. The average Bonchev–Trinajstić information content (AvgIpc) is 3.00. The highest BCUT2D eigenvalue weighted by atomic mass is 79.9. The van der Waals surface area contributed by atoms with Crippen molar-refractivity contribution in [3.8, 4) is 5.75 Å². The first-order valence-electron chi connectivity index (χ1n) is 9.75. The van der Waals surface area contributed by atoms with Gasteiger partial charge in [-0.05, 0) is 48.7 Å². The van der Waals surface area contributed by atoms with E-state index in [9.17, 15) is 4.79 Å². The Morgan fingerprint density at radius 2 is 1.89 bits per heavy atom. The largest absolute Gasteiger partial charge is 0.494 e. The molecular formula is C23H26BrNO3. The lowest BCUT2D eigenvalue weighted by atomic mass is 10.1. The summed E-state index contributed by atoms with van der Waals surface area (Å²) >= 11 is 3.55. The predicted molar refractivity (Wildman–Crippen MR) is 116 cm³/mol. The van der Waals surface area contributed by atoms with Gasteiger partial charge in [0.1, 0.15) is 5.75 Å². The van der Waals surface area contributed by atoms with E-state index in [0.29, 0.717) is 6.61 Å². The summed E-state index contributed by atoms with van der Waals surface area (Å²) in [6.45, 7) is 5.86. The molecule has 3 rings (SSSR count). The minimum atomic E-state index is -0.196. The third-order valence-electron chi connectivity index (χ3n) is 4.61. The molecule has 1 heterocycles. The zero-order chi connectivity index (χ0) is 19.9. The molecule has 0 bridgehead atoms. The highest BCUT2D eigenvalue weighted by Crippen LogP contribution is 2.27. The van der Waals surface area contributed by atoms with E-state index in [-0.39, 0.29) is 12.4 Å².